The van der Waals surface area contributed by atoms with Crippen molar-refractivity contribution in [3.63, 3.8) is 0 Å². The fourth-order valence-electron chi connectivity index (χ4n) is 2.81. The highest BCUT2D eigenvalue weighted by Gasteiger charge is 2.34. The Morgan fingerprint density at radius 3 is 2.83 bits per heavy atom. The molecule has 1 aromatic rings. The van der Waals surface area contributed by atoms with Crippen LogP contribution in [-0.4, -0.2) is 59.3 Å². The van der Waals surface area contributed by atoms with E-state index >= 15 is 0 Å². The number of hydrogen-bond donors (Lipinski definition) is 1. The van der Waals surface area contributed by atoms with Gasteiger partial charge in [-0.3, -0.25) is 14.6 Å². The predicted molar refractivity (Wildman–Crippen MR) is 88.6 cm³/mol. The summed E-state index contributed by atoms with van der Waals surface area (Å²) in [6.07, 6.45) is 2.01. The summed E-state index contributed by atoms with van der Waals surface area (Å²) in [6.45, 7) is 8.60. The number of carbonyl (C=O) groups excluding carboxylic acids is 2. The molecule has 2 amide bonds. The monoisotopic (exact) mass is 318 g/mol. The topological polar surface area (TPSA) is 65.5 Å². The van der Waals surface area contributed by atoms with E-state index in [2.05, 4.69) is 29.0 Å². The van der Waals surface area contributed by atoms with E-state index in [-0.39, 0.29) is 17.7 Å². The summed E-state index contributed by atoms with van der Waals surface area (Å²) >= 11 is 0. The minimum Gasteiger partial charge on any atom is -0.355 e. The molecular formula is C17H26N4O2. The lowest BCUT2D eigenvalue weighted by molar-refractivity contribution is -0.129. The minimum atomic E-state index is -0.247. The SMILES string of the molecule is CCN(CC)CCNC(=O)[C@H]1CC(=O)N(Cc2ccccn2)C1. The first kappa shape index (κ1) is 17.4. The van der Waals surface area contributed by atoms with Crippen LogP contribution in [0.3, 0.4) is 0 Å². The van der Waals surface area contributed by atoms with Crippen LogP contribution in [0, 0.1) is 5.92 Å². The molecule has 126 valence electrons. The second-order valence-corrected chi connectivity index (χ2v) is 5.81. The van der Waals surface area contributed by atoms with Crippen molar-refractivity contribution >= 4 is 11.8 Å². The molecule has 1 fully saturated rings. The van der Waals surface area contributed by atoms with Crippen LogP contribution in [0.4, 0.5) is 0 Å². The minimum absolute atomic E-state index is 0.0194. The van der Waals surface area contributed by atoms with Crippen LogP contribution in [-0.2, 0) is 16.1 Å². The summed E-state index contributed by atoms with van der Waals surface area (Å²) in [5, 5.41) is 2.95. The van der Waals surface area contributed by atoms with Crippen LogP contribution in [0.15, 0.2) is 24.4 Å². The zero-order valence-electron chi connectivity index (χ0n) is 14.0. The summed E-state index contributed by atoms with van der Waals surface area (Å²) in [7, 11) is 0. The number of nitrogens with one attached hydrogen (secondary N) is 1. The molecule has 0 saturated carbocycles. The Kier molecular flexibility index (Phi) is 6.52. The van der Waals surface area contributed by atoms with Gasteiger partial charge in [-0.25, -0.2) is 0 Å². The van der Waals surface area contributed by atoms with Crippen molar-refractivity contribution < 1.29 is 9.59 Å². The van der Waals surface area contributed by atoms with Crippen molar-refractivity contribution in [2.45, 2.75) is 26.8 Å². The molecule has 1 N–H and O–H groups in total. The molecule has 2 rings (SSSR count). The lowest BCUT2D eigenvalue weighted by Crippen LogP contribution is -2.38. The highest BCUT2D eigenvalue weighted by Crippen LogP contribution is 2.19. The van der Waals surface area contributed by atoms with Crippen molar-refractivity contribution in [2.75, 3.05) is 32.7 Å². The lowest BCUT2D eigenvalue weighted by Gasteiger charge is -2.19. The smallest absolute Gasteiger partial charge is 0.225 e. The average Bonchev–Trinajstić information content (AvgIpc) is 2.93. The molecule has 0 spiro atoms. The normalized spacial score (nSPS) is 17.8. The molecular weight excluding hydrogens is 292 g/mol. The van der Waals surface area contributed by atoms with E-state index in [0.29, 0.717) is 26.1 Å². The van der Waals surface area contributed by atoms with Gasteiger partial charge < -0.3 is 15.1 Å². The first-order chi connectivity index (χ1) is 11.1. The Balaban J connectivity index is 1.78. The Morgan fingerprint density at radius 2 is 2.17 bits per heavy atom. The van der Waals surface area contributed by atoms with E-state index in [4.69, 9.17) is 0 Å². The van der Waals surface area contributed by atoms with Gasteiger partial charge in [-0.15, -0.1) is 0 Å². The molecule has 6 nitrogen and oxygen atoms in total. The van der Waals surface area contributed by atoms with E-state index in [1.165, 1.54) is 0 Å². The van der Waals surface area contributed by atoms with E-state index in [0.717, 1.165) is 25.3 Å². The molecule has 0 aromatic carbocycles. The van der Waals surface area contributed by atoms with Gasteiger partial charge in [0.2, 0.25) is 11.8 Å². The van der Waals surface area contributed by atoms with Crippen LogP contribution < -0.4 is 5.32 Å². The van der Waals surface area contributed by atoms with Gasteiger partial charge in [0, 0.05) is 32.3 Å². The maximum Gasteiger partial charge on any atom is 0.225 e. The second-order valence-electron chi connectivity index (χ2n) is 5.81. The van der Waals surface area contributed by atoms with Gasteiger partial charge in [0.15, 0.2) is 0 Å². The summed E-state index contributed by atoms with van der Waals surface area (Å²) in [4.78, 5) is 32.5. The summed E-state index contributed by atoms with van der Waals surface area (Å²) in [5.74, 6) is -0.239. The summed E-state index contributed by atoms with van der Waals surface area (Å²) < 4.78 is 0. The Labute approximate surface area is 137 Å². The fraction of sp³-hybridized carbons (Fsp3) is 0.588. The maximum atomic E-state index is 12.2. The largest absolute Gasteiger partial charge is 0.355 e. The molecule has 23 heavy (non-hydrogen) atoms. The highest BCUT2D eigenvalue weighted by molar-refractivity contribution is 5.89. The second kappa shape index (κ2) is 8.62. The molecule has 2 heterocycles. The molecule has 0 radical (unpaired) electrons. The van der Waals surface area contributed by atoms with Gasteiger partial charge in [0.25, 0.3) is 0 Å². The van der Waals surface area contributed by atoms with E-state index in [1.54, 1.807) is 11.1 Å². The number of carbonyl (C=O) groups is 2. The third-order valence-electron chi connectivity index (χ3n) is 4.29. The van der Waals surface area contributed by atoms with Gasteiger partial charge in [-0.05, 0) is 25.2 Å². The number of likely N-dealkylation sites (tertiary alicyclic amines) is 1. The Morgan fingerprint density at radius 1 is 1.39 bits per heavy atom. The lowest BCUT2D eigenvalue weighted by atomic mass is 10.1. The number of amides is 2. The molecule has 1 atom stereocenters. The quantitative estimate of drug-likeness (QED) is 0.773. The van der Waals surface area contributed by atoms with Crippen molar-refractivity contribution in [3.8, 4) is 0 Å². The van der Waals surface area contributed by atoms with Crippen molar-refractivity contribution in [1.29, 1.82) is 0 Å². The van der Waals surface area contributed by atoms with Gasteiger partial charge in [0.1, 0.15) is 0 Å². The molecule has 6 heteroatoms. The predicted octanol–water partition coefficient (Wildman–Crippen LogP) is 0.888. The number of pyridine rings is 1. The molecule has 0 bridgehead atoms. The molecule has 0 aliphatic carbocycles. The summed E-state index contributed by atoms with van der Waals surface area (Å²) in [5.41, 5.74) is 0.850. The van der Waals surface area contributed by atoms with Crippen molar-refractivity contribution in [2.24, 2.45) is 5.92 Å². The van der Waals surface area contributed by atoms with Gasteiger partial charge >= 0.3 is 0 Å². The van der Waals surface area contributed by atoms with Crippen LogP contribution in [0.1, 0.15) is 26.0 Å². The zero-order chi connectivity index (χ0) is 16.7. The summed E-state index contributed by atoms with van der Waals surface area (Å²) in [6, 6.07) is 5.65. The Bertz CT molecular complexity index is 517. The van der Waals surface area contributed by atoms with Gasteiger partial charge in [-0.1, -0.05) is 19.9 Å². The van der Waals surface area contributed by atoms with Crippen LogP contribution in [0.5, 0.6) is 0 Å². The molecule has 1 aliphatic heterocycles. The average molecular weight is 318 g/mol. The highest BCUT2D eigenvalue weighted by atomic mass is 16.2. The number of aromatic nitrogens is 1. The Hall–Kier alpha value is -1.95. The zero-order valence-corrected chi connectivity index (χ0v) is 14.0. The number of hydrogen-bond acceptors (Lipinski definition) is 4. The van der Waals surface area contributed by atoms with Crippen molar-refractivity contribution in [1.82, 2.24) is 20.1 Å². The molecule has 1 aliphatic rings. The van der Waals surface area contributed by atoms with Crippen LogP contribution in [0.2, 0.25) is 0 Å². The molecule has 1 aromatic heterocycles. The molecule has 1 saturated heterocycles. The number of likely N-dealkylation sites (N-methyl/N-ethyl adjacent to an activating group) is 1. The fourth-order valence-corrected chi connectivity index (χ4v) is 2.81. The van der Waals surface area contributed by atoms with Gasteiger partial charge in [-0.2, -0.15) is 0 Å². The third kappa shape index (κ3) is 5.03. The number of nitrogens with zero attached hydrogens (tertiary/aromatic N) is 3. The van der Waals surface area contributed by atoms with E-state index in [1.807, 2.05) is 18.2 Å². The first-order valence-electron chi connectivity index (χ1n) is 8.31. The van der Waals surface area contributed by atoms with Crippen LogP contribution in [0.25, 0.3) is 0 Å². The van der Waals surface area contributed by atoms with E-state index < -0.39 is 0 Å². The first-order valence-corrected chi connectivity index (χ1v) is 8.31. The van der Waals surface area contributed by atoms with Crippen LogP contribution >= 0.6 is 0 Å². The third-order valence-corrected chi connectivity index (χ3v) is 4.29. The number of rotatable bonds is 8. The van der Waals surface area contributed by atoms with Gasteiger partial charge in [0.05, 0.1) is 18.2 Å². The molecule has 0 unspecified atom stereocenters. The van der Waals surface area contributed by atoms with E-state index in [9.17, 15) is 9.59 Å². The van der Waals surface area contributed by atoms with Crippen molar-refractivity contribution in [3.05, 3.63) is 30.1 Å². The maximum absolute atomic E-state index is 12.2. The standard InChI is InChI=1S/C17H26N4O2/c1-3-20(4-2)10-9-19-17(23)14-11-16(22)21(12-14)13-15-7-5-6-8-18-15/h5-8,14H,3-4,9-13H2,1-2H3,(H,19,23)/t14-/m0/s1.